The van der Waals surface area contributed by atoms with Crippen molar-refractivity contribution >= 4 is 27.6 Å². The SMILES string of the molecule is CCCN(CC)S(=O)(=O)c1ccc(C(=O)O)c(Cl)c1. The molecule has 0 amide bonds. The zero-order chi connectivity index (χ0) is 14.6. The summed E-state index contributed by atoms with van der Waals surface area (Å²) in [7, 11) is -3.62. The molecule has 1 N–H and O–H groups in total. The Hall–Kier alpha value is -1.11. The molecule has 106 valence electrons. The molecule has 0 unspecified atom stereocenters. The topological polar surface area (TPSA) is 74.7 Å². The third-order valence-corrected chi connectivity index (χ3v) is 4.92. The summed E-state index contributed by atoms with van der Waals surface area (Å²) in [5.74, 6) is -1.19. The maximum atomic E-state index is 12.3. The van der Waals surface area contributed by atoms with Crippen molar-refractivity contribution in [2.75, 3.05) is 13.1 Å². The van der Waals surface area contributed by atoms with Crippen LogP contribution in [0.25, 0.3) is 0 Å². The zero-order valence-corrected chi connectivity index (χ0v) is 12.3. The molecule has 0 aromatic heterocycles. The number of rotatable bonds is 6. The molecule has 1 aromatic carbocycles. The fourth-order valence-corrected chi connectivity index (χ4v) is 3.57. The number of hydrogen-bond donors (Lipinski definition) is 1. The lowest BCUT2D eigenvalue weighted by molar-refractivity contribution is 0.0697. The van der Waals surface area contributed by atoms with Crippen molar-refractivity contribution in [3.63, 3.8) is 0 Å². The molecule has 0 saturated carbocycles. The van der Waals surface area contributed by atoms with Crippen LogP contribution in [0.1, 0.15) is 30.6 Å². The van der Waals surface area contributed by atoms with Crippen LogP contribution in [0.3, 0.4) is 0 Å². The lowest BCUT2D eigenvalue weighted by atomic mass is 10.2. The van der Waals surface area contributed by atoms with E-state index >= 15 is 0 Å². The molecule has 0 bridgehead atoms. The van der Waals surface area contributed by atoms with Crippen LogP contribution in [0.4, 0.5) is 0 Å². The molecule has 1 aromatic rings. The van der Waals surface area contributed by atoms with Crippen molar-refractivity contribution in [1.82, 2.24) is 4.31 Å². The van der Waals surface area contributed by atoms with Gasteiger partial charge in [0.1, 0.15) is 0 Å². The molecule has 1 rings (SSSR count). The lowest BCUT2D eigenvalue weighted by Crippen LogP contribution is -2.31. The Bertz CT molecular complexity index is 571. The van der Waals surface area contributed by atoms with Gasteiger partial charge in [0.15, 0.2) is 0 Å². The highest BCUT2D eigenvalue weighted by atomic mass is 35.5. The zero-order valence-electron chi connectivity index (χ0n) is 10.8. The second kappa shape index (κ2) is 6.36. The number of carboxylic acid groups (broad SMARTS) is 1. The Morgan fingerprint density at radius 1 is 1.37 bits per heavy atom. The van der Waals surface area contributed by atoms with E-state index in [1.165, 1.54) is 22.5 Å². The number of halogens is 1. The minimum absolute atomic E-state index is 0.0119. The molecule has 0 fully saturated rings. The Labute approximate surface area is 117 Å². The van der Waals surface area contributed by atoms with E-state index in [1.54, 1.807) is 6.92 Å². The molecule has 0 radical (unpaired) electrons. The Balaban J connectivity index is 3.22. The van der Waals surface area contributed by atoms with Crippen molar-refractivity contribution in [1.29, 1.82) is 0 Å². The van der Waals surface area contributed by atoms with E-state index in [-0.39, 0.29) is 15.5 Å². The van der Waals surface area contributed by atoms with Crippen molar-refractivity contribution in [2.45, 2.75) is 25.2 Å². The number of carboxylic acids is 1. The first-order chi connectivity index (χ1) is 8.84. The maximum absolute atomic E-state index is 12.3. The number of nitrogens with zero attached hydrogens (tertiary/aromatic N) is 1. The van der Waals surface area contributed by atoms with Gasteiger partial charge in [-0.2, -0.15) is 4.31 Å². The standard InChI is InChI=1S/C12H16ClNO4S/c1-3-7-14(4-2)19(17,18)9-5-6-10(12(15)16)11(13)8-9/h5-6,8H,3-4,7H2,1-2H3,(H,15,16). The second-order valence-electron chi connectivity index (χ2n) is 3.94. The van der Waals surface area contributed by atoms with E-state index in [2.05, 4.69) is 0 Å². The fourth-order valence-electron chi connectivity index (χ4n) is 1.68. The van der Waals surface area contributed by atoms with Gasteiger partial charge >= 0.3 is 5.97 Å². The van der Waals surface area contributed by atoms with Crippen molar-refractivity contribution < 1.29 is 18.3 Å². The van der Waals surface area contributed by atoms with Gasteiger partial charge in [0, 0.05) is 13.1 Å². The quantitative estimate of drug-likeness (QED) is 0.876. The summed E-state index contributed by atoms with van der Waals surface area (Å²) in [5.41, 5.74) is -0.112. The fraction of sp³-hybridized carbons (Fsp3) is 0.417. The molecule has 19 heavy (non-hydrogen) atoms. The summed E-state index contributed by atoms with van der Waals surface area (Å²) < 4.78 is 25.9. The predicted molar refractivity (Wildman–Crippen MR) is 73.1 cm³/mol. The molecule has 0 aliphatic heterocycles. The van der Waals surface area contributed by atoms with Gasteiger partial charge in [-0.3, -0.25) is 0 Å². The monoisotopic (exact) mass is 305 g/mol. The number of carbonyl (C=O) groups is 1. The lowest BCUT2D eigenvalue weighted by Gasteiger charge is -2.20. The van der Waals surface area contributed by atoms with E-state index in [0.29, 0.717) is 19.5 Å². The van der Waals surface area contributed by atoms with E-state index < -0.39 is 16.0 Å². The summed E-state index contributed by atoms with van der Waals surface area (Å²) in [6, 6.07) is 3.65. The van der Waals surface area contributed by atoms with E-state index in [9.17, 15) is 13.2 Å². The van der Waals surface area contributed by atoms with Gasteiger partial charge in [-0.1, -0.05) is 25.4 Å². The molecular formula is C12H16ClNO4S. The summed E-state index contributed by atoms with van der Waals surface area (Å²) in [6.07, 6.45) is 0.702. The smallest absolute Gasteiger partial charge is 0.337 e. The van der Waals surface area contributed by atoms with Gasteiger partial charge in [0.25, 0.3) is 0 Å². The molecule has 0 heterocycles. The Morgan fingerprint density at radius 2 is 2.00 bits per heavy atom. The van der Waals surface area contributed by atoms with Crippen LogP contribution in [0.5, 0.6) is 0 Å². The highest BCUT2D eigenvalue weighted by Gasteiger charge is 2.23. The molecule has 0 saturated heterocycles. The molecule has 0 aliphatic rings. The van der Waals surface area contributed by atoms with Gasteiger partial charge < -0.3 is 5.11 Å². The highest BCUT2D eigenvalue weighted by molar-refractivity contribution is 7.89. The summed E-state index contributed by atoms with van der Waals surface area (Å²) >= 11 is 5.79. The number of benzene rings is 1. The second-order valence-corrected chi connectivity index (χ2v) is 6.29. The van der Waals surface area contributed by atoms with Gasteiger partial charge in [0.05, 0.1) is 15.5 Å². The minimum atomic E-state index is -3.62. The first-order valence-corrected chi connectivity index (χ1v) is 7.69. The Kier molecular flexibility index (Phi) is 5.34. The van der Waals surface area contributed by atoms with Gasteiger partial charge in [-0.05, 0) is 24.6 Å². The van der Waals surface area contributed by atoms with E-state index in [0.717, 1.165) is 0 Å². The van der Waals surface area contributed by atoms with E-state index in [4.69, 9.17) is 16.7 Å². The summed E-state index contributed by atoms with van der Waals surface area (Å²) in [4.78, 5) is 10.8. The average molecular weight is 306 g/mol. The summed E-state index contributed by atoms with van der Waals surface area (Å²) in [6.45, 7) is 4.41. The average Bonchev–Trinajstić information content (AvgIpc) is 2.34. The number of sulfonamides is 1. The van der Waals surface area contributed by atoms with Crippen molar-refractivity contribution in [2.24, 2.45) is 0 Å². The number of hydrogen-bond acceptors (Lipinski definition) is 3. The predicted octanol–water partition coefficient (Wildman–Crippen LogP) is 2.46. The largest absolute Gasteiger partial charge is 0.478 e. The summed E-state index contributed by atoms with van der Waals surface area (Å²) in [5, 5.41) is 8.77. The minimum Gasteiger partial charge on any atom is -0.478 e. The van der Waals surface area contributed by atoms with Gasteiger partial charge in [-0.25, -0.2) is 13.2 Å². The normalized spacial score (nSPS) is 11.8. The molecule has 0 aliphatic carbocycles. The first kappa shape index (κ1) is 15.9. The Morgan fingerprint density at radius 3 is 2.42 bits per heavy atom. The van der Waals surface area contributed by atoms with Crippen molar-refractivity contribution in [3.8, 4) is 0 Å². The highest BCUT2D eigenvalue weighted by Crippen LogP contribution is 2.23. The van der Waals surface area contributed by atoms with Crippen LogP contribution < -0.4 is 0 Å². The van der Waals surface area contributed by atoms with Crippen LogP contribution in [-0.4, -0.2) is 36.9 Å². The van der Waals surface area contributed by atoms with Gasteiger partial charge in [0.2, 0.25) is 10.0 Å². The van der Waals surface area contributed by atoms with Crippen LogP contribution in [0.15, 0.2) is 23.1 Å². The third-order valence-electron chi connectivity index (χ3n) is 2.63. The molecule has 7 heteroatoms. The maximum Gasteiger partial charge on any atom is 0.337 e. The van der Waals surface area contributed by atoms with Crippen LogP contribution >= 0.6 is 11.6 Å². The van der Waals surface area contributed by atoms with Gasteiger partial charge in [-0.15, -0.1) is 0 Å². The molecule has 0 atom stereocenters. The first-order valence-electron chi connectivity index (χ1n) is 5.87. The number of aromatic carboxylic acids is 1. The van der Waals surface area contributed by atoms with Crippen LogP contribution in [-0.2, 0) is 10.0 Å². The van der Waals surface area contributed by atoms with Crippen molar-refractivity contribution in [3.05, 3.63) is 28.8 Å². The third kappa shape index (κ3) is 3.46. The van der Waals surface area contributed by atoms with Crippen LogP contribution in [0.2, 0.25) is 5.02 Å². The van der Waals surface area contributed by atoms with Crippen LogP contribution in [0, 0.1) is 0 Å². The molecular weight excluding hydrogens is 290 g/mol. The van der Waals surface area contributed by atoms with E-state index in [1.807, 2.05) is 6.92 Å². The molecule has 0 spiro atoms. The molecule has 5 nitrogen and oxygen atoms in total.